The standard InChI is InChI=1S/C24H21Cl2N3O3S.ClH/c25-16-7-6-15(19(26)11-16)10-22(30)29-21-9-8-17(28-24(32)20(27)13-33)12-18(21)23(31)14-4-2-1-3-5-14;/h1-9,11-12,20,33H,10,13,27H2,(H,28,32)(H,29,30);1H/t20-;/m0./s1. The van der Waals surface area contributed by atoms with Gasteiger partial charge in [-0.25, -0.2) is 0 Å². The van der Waals surface area contributed by atoms with Crippen LogP contribution >= 0.6 is 48.2 Å². The highest BCUT2D eigenvalue weighted by molar-refractivity contribution is 7.80. The lowest BCUT2D eigenvalue weighted by Crippen LogP contribution is -2.37. The van der Waals surface area contributed by atoms with Crippen LogP contribution < -0.4 is 16.4 Å². The first kappa shape index (κ1) is 27.7. The van der Waals surface area contributed by atoms with Gasteiger partial charge >= 0.3 is 0 Å². The molecule has 4 N–H and O–H groups in total. The fourth-order valence-corrected chi connectivity index (χ4v) is 3.66. The van der Waals surface area contributed by atoms with Crippen LogP contribution in [0.3, 0.4) is 0 Å². The topological polar surface area (TPSA) is 101 Å². The largest absolute Gasteiger partial charge is 0.325 e. The van der Waals surface area contributed by atoms with Gasteiger partial charge in [0.05, 0.1) is 18.2 Å². The van der Waals surface area contributed by atoms with E-state index in [2.05, 4.69) is 23.3 Å². The van der Waals surface area contributed by atoms with Gasteiger partial charge in [0.1, 0.15) is 0 Å². The number of hydrogen-bond donors (Lipinski definition) is 4. The van der Waals surface area contributed by atoms with Gasteiger partial charge in [-0.2, -0.15) is 12.6 Å². The fourth-order valence-electron chi connectivity index (χ4n) is 3.01. The van der Waals surface area contributed by atoms with Crippen molar-refractivity contribution in [1.29, 1.82) is 0 Å². The molecule has 0 aliphatic heterocycles. The molecule has 0 aliphatic rings. The summed E-state index contributed by atoms with van der Waals surface area (Å²) in [5.74, 6) is -0.944. The molecule has 0 heterocycles. The minimum atomic E-state index is -0.801. The third kappa shape index (κ3) is 7.22. The molecule has 0 spiro atoms. The van der Waals surface area contributed by atoms with Crippen LogP contribution in [0.25, 0.3) is 0 Å². The van der Waals surface area contributed by atoms with E-state index in [9.17, 15) is 14.4 Å². The van der Waals surface area contributed by atoms with Crippen molar-refractivity contribution in [2.24, 2.45) is 5.73 Å². The quantitative estimate of drug-likeness (QED) is 0.239. The number of amides is 2. The lowest BCUT2D eigenvalue weighted by molar-refractivity contribution is -0.117. The molecule has 0 unspecified atom stereocenters. The van der Waals surface area contributed by atoms with E-state index in [1.165, 1.54) is 6.07 Å². The highest BCUT2D eigenvalue weighted by atomic mass is 35.5. The highest BCUT2D eigenvalue weighted by Gasteiger charge is 2.19. The van der Waals surface area contributed by atoms with Crippen LogP contribution in [-0.4, -0.2) is 29.4 Å². The van der Waals surface area contributed by atoms with E-state index >= 15 is 0 Å². The fraction of sp³-hybridized carbons (Fsp3) is 0.125. The number of nitrogens with one attached hydrogen (secondary N) is 2. The van der Waals surface area contributed by atoms with Gasteiger partial charge in [0.2, 0.25) is 11.8 Å². The molecule has 0 saturated heterocycles. The second-order valence-corrected chi connectivity index (χ2v) is 8.40. The van der Waals surface area contributed by atoms with Crippen molar-refractivity contribution in [1.82, 2.24) is 0 Å². The molecule has 3 aromatic rings. The van der Waals surface area contributed by atoms with Crippen LogP contribution in [0.4, 0.5) is 11.4 Å². The first-order chi connectivity index (χ1) is 15.8. The number of carbonyl (C=O) groups is 3. The van der Waals surface area contributed by atoms with E-state index in [1.807, 2.05) is 0 Å². The Morgan fingerprint density at radius 3 is 2.29 bits per heavy atom. The van der Waals surface area contributed by atoms with Crippen LogP contribution in [0.2, 0.25) is 10.0 Å². The van der Waals surface area contributed by atoms with Gasteiger partial charge in [-0.1, -0.05) is 59.6 Å². The molecule has 3 aromatic carbocycles. The SMILES string of the molecule is Cl.N[C@@H](CS)C(=O)Nc1ccc(NC(=O)Cc2ccc(Cl)cc2Cl)c(C(=O)c2ccccc2)c1. The van der Waals surface area contributed by atoms with Gasteiger partial charge in [0.25, 0.3) is 0 Å². The molecular formula is C24H22Cl3N3O3S. The molecule has 178 valence electrons. The second-order valence-electron chi connectivity index (χ2n) is 7.19. The Bertz CT molecular complexity index is 1190. The summed E-state index contributed by atoms with van der Waals surface area (Å²) in [6.45, 7) is 0. The number of nitrogens with two attached hydrogens (primary N) is 1. The van der Waals surface area contributed by atoms with E-state index in [1.54, 1.807) is 60.7 Å². The molecule has 0 bridgehead atoms. The molecule has 0 fully saturated rings. The molecule has 2 amide bonds. The monoisotopic (exact) mass is 537 g/mol. The molecule has 10 heteroatoms. The summed E-state index contributed by atoms with van der Waals surface area (Å²) in [5.41, 5.74) is 7.63. The average Bonchev–Trinajstić information content (AvgIpc) is 2.81. The summed E-state index contributed by atoms with van der Waals surface area (Å²) in [4.78, 5) is 38.1. The number of ketones is 1. The number of rotatable bonds is 8. The third-order valence-electron chi connectivity index (χ3n) is 4.74. The predicted octanol–water partition coefficient (Wildman–Crippen LogP) is 5.02. The van der Waals surface area contributed by atoms with Gasteiger partial charge in [-0.3, -0.25) is 14.4 Å². The molecule has 34 heavy (non-hydrogen) atoms. The Hall–Kier alpha value is -2.55. The maximum absolute atomic E-state index is 13.2. The molecule has 0 aromatic heterocycles. The zero-order chi connectivity index (χ0) is 24.0. The minimum Gasteiger partial charge on any atom is -0.325 e. The minimum absolute atomic E-state index is 0. The number of thiol groups is 1. The van der Waals surface area contributed by atoms with E-state index in [-0.39, 0.29) is 41.8 Å². The number of halogens is 3. The smallest absolute Gasteiger partial charge is 0.242 e. The number of anilines is 2. The van der Waals surface area contributed by atoms with Crippen molar-refractivity contribution in [3.8, 4) is 0 Å². The Labute approximate surface area is 219 Å². The third-order valence-corrected chi connectivity index (χ3v) is 5.72. The number of hydrogen-bond acceptors (Lipinski definition) is 5. The van der Waals surface area contributed by atoms with E-state index < -0.39 is 11.9 Å². The first-order valence-corrected chi connectivity index (χ1v) is 11.3. The molecule has 1 atom stereocenters. The summed E-state index contributed by atoms with van der Waals surface area (Å²) in [7, 11) is 0. The molecule has 0 aliphatic carbocycles. The molecule has 6 nitrogen and oxygen atoms in total. The van der Waals surface area contributed by atoms with Gasteiger partial charge in [0.15, 0.2) is 5.78 Å². The Kier molecular flexibility index (Phi) is 10.4. The lowest BCUT2D eigenvalue weighted by Gasteiger charge is -2.15. The maximum atomic E-state index is 13.2. The molecular weight excluding hydrogens is 517 g/mol. The summed E-state index contributed by atoms with van der Waals surface area (Å²) in [6, 6.07) is 17.3. The molecule has 0 saturated carbocycles. The van der Waals surface area contributed by atoms with E-state index in [0.717, 1.165) is 0 Å². The number of benzene rings is 3. The Morgan fingerprint density at radius 2 is 1.65 bits per heavy atom. The van der Waals surface area contributed by atoms with Crippen molar-refractivity contribution >= 4 is 77.2 Å². The first-order valence-electron chi connectivity index (χ1n) is 9.93. The second kappa shape index (κ2) is 12.8. The van der Waals surface area contributed by atoms with E-state index in [0.29, 0.717) is 32.5 Å². The summed E-state index contributed by atoms with van der Waals surface area (Å²) < 4.78 is 0. The summed E-state index contributed by atoms with van der Waals surface area (Å²) in [5, 5.41) is 6.27. The van der Waals surface area contributed by atoms with Crippen molar-refractivity contribution in [3.05, 3.63) is 93.5 Å². The van der Waals surface area contributed by atoms with Gasteiger partial charge in [-0.05, 0) is 35.9 Å². The summed E-state index contributed by atoms with van der Waals surface area (Å²) >= 11 is 16.1. The van der Waals surface area contributed by atoms with Crippen LogP contribution in [-0.2, 0) is 16.0 Å². The van der Waals surface area contributed by atoms with Crippen LogP contribution in [0.5, 0.6) is 0 Å². The normalized spacial score (nSPS) is 11.2. The van der Waals surface area contributed by atoms with Gasteiger partial charge in [0, 0.05) is 32.6 Å². The van der Waals surface area contributed by atoms with E-state index in [4.69, 9.17) is 28.9 Å². The maximum Gasteiger partial charge on any atom is 0.242 e. The average molecular weight is 539 g/mol. The van der Waals surface area contributed by atoms with Gasteiger partial charge < -0.3 is 16.4 Å². The predicted molar refractivity (Wildman–Crippen MR) is 143 cm³/mol. The molecule has 0 radical (unpaired) electrons. The van der Waals surface area contributed by atoms with Crippen LogP contribution in [0.15, 0.2) is 66.7 Å². The van der Waals surface area contributed by atoms with Crippen LogP contribution in [0, 0.1) is 0 Å². The summed E-state index contributed by atoms with van der Waals surface area (Å²) in [6.07, 6.45) is -0.00967. The van der Waals surface area contributed by atoms with Crippen molar-refractivity contribution in [3.63, 3.8) is 0 Å². The highest BCUT2D eigenvalue weighted by Crippen LogP contribution is 2.26. The zero-order valence-electron chi connectivity index (χ0n) is 17.8. The van der Waals surface area contributed by atoms with Crippen LogP contribution in [0.1, 0.15) is 21.5 Å². The van der Waals surface area contributed by atoms with Gasteiger partial charge in [-0.15, -0.1) is 12.4 Å². The zero-order valence-corrected chi connectivity index (χ0v) is 21.0. The lowest BCUT2D eigenvalue weighted by atomic mass is 10.0. The number of carbonyl (C=O) groups excluding carboxylic acids is 3. The Balaban J connectivity index is 0.00000408. The Morgan fingerprint density at radius 1 is 0.941 bits per heavy atom. The molecule has 3 rings (SSSR count). The van der Waals surface area contributed by atoms with Crippen molar-refractivity contribution in [2.45, 2.75) is 12.5 Å². The van der Waals surface area contributed by atoms with Crippen molar-refractivity contribution < 1.29 is 14.4 Å². The van der Waals surface area contributed by atoms with Crippen molar-refractivity contribution in [2.75, 3.05) is 16.4 Å².